The first-order chi connectivity index (χ1) is 16.1. The number of likely N-dealkylation sites (tertiary alicyclic amines) is 1. The predicted octanol–water partition coefficient (Wildman–Crippen LogP) is 2.27. The molecule has 2 amide bonds. The van der Waals surface area contributed by atoms with Crippen molar-refractivity contribution in [3.63, 3.8) is 0 Å². The first-order valence-electron chi connectivity index (χ1n) is 10.8. The number of carbonyl (C=O) groups excluding carboxylic acids is 2. The van der Waals surface area contributed by atoms with Crippen LogP contribution in [0.25, 0.3) is 11.1 Å². The van der Waals surface area contributed by atoms with Gasteiger partial charge in [-0.2, -0.15) is 8.78 Å². The maximum absolute atomic E-state index is 14.8. The summed E-state index contributed by atoms with van der Waals surface area (Å²) >= 11 is 0. The Morgan fingerprint density at radius 1 is 1.09 bits per heavy atom. The summed E-state index contributed by atoms with van der Waals surface area (Å²) in [4.78, 5) is 38.3. The number of fused-ring (bicyclic) bond motifs is 3. The average molecular weight is 472 g/mol. The van der Waals surface area contributed by atoms with Crippen LogP contribution in [0.15, 0.2) is 36.4 Å². The Bertz CT molecular complexity index is 1210. The molecule has 178 valence electrons. The Morgan fingerprint density at radius 2 is 1.74 bits per heavy atom. The lowest BCUT2D eigenvalue weighted by Crippen LogP contribution is -2.46. The third-order valence-corrected chi connectivity index (χ3v) is 6.53. The molecule has 0 bridgehead atoms. The van der Waals surface area contributed by atoms with Gasteiger partial charge in [0, 0.05) is 23.1 Å². The maximum Gasteiger partial charge on any atom is 0.326 e. The highest BCUT2D eigenvalue weighted by Gasteiger charge is 2.52. The van der Waals surface area contributed by atoms with Crippen LogP contribution in [-0.2, 0) is 25.0 Å². The number of carbonyl (C=O) groups is 3. The Balaban J connectivity index is 1.32. The zero-order valence-electron chi connectivity index (χ0n) is 18.3. The van der Waals surface area contributed by atoms with Gasteiger partial charge in [0.25, 0.3) is 11.8 Å². The monoisotopic (exact) mass is 472 g/mol. The number of benzene rings is 2. The van der Waals surface area contributed by atoms with E-state index in [1.165, 1.54) is 24.3 Å². The van der Waals surface area contributed by atoms with E-state index in [4.69, 9.17) is 9.47 Å². The van der Waals surface area contributed by atoms with Gasteiger partial charge in [-0.1, -0.05) is 29.8 Å². The lowest BCUT2D eigenvalue weighted by atomic mass is 10.0. The fourth-order valence-electron chi connectivity index (χ4n) is 4.87. The number of aryl methyl sites for hydroxylation is 1. The molecule has 0 radical (unpaired) electrons. The zero-order valence-corrected chi connectivity index (χ0v) is 18.3. The molecule has 2 heterocycles. The van der Waals surface area contributed by atoms with E-state index in [1.54, 1.807) is 19.1 Å². The predicted molar refractivity (Wildman–Crippen MR) is 114 cm³/mol. The summed E-state index contributed by atoms with van der Waals surface area (Å²) in [6.45, 7) is 1.91. The minimum Gasteiger partial charge on any atom is -0.480 e. The molecule has 1 aliphatic carbocycles. The van der Waals surface area contributed by atoms with Gasteiger partial charge in [0.2, 0.25) is 5.91 Å². The highest BCUT2D eigenvalue weighted by molar-refractivity contribution is 5.99. The van der Waals surface area contributed by atoms with Crippen molar-refractivity contribution in [2.45, 2.75) is 31.1 Å². The summed E-state index contributed by atoms with van der Waals surface area (Å²) in [6, 6.07) is 7.43. The number of carboxylic acids is 1. The second-order valence-corrected chi connectivity index (χ2v) is 8.75. The van der Waals surface area contributed by atoms with Crippen molar-refractivity contribution in [1.82, 2.24) is 10.2 Å². The lowest BCUT2D eigenvalue weighted by Gasteiger charge is -2.23. The summed E-state index contributed by atoms with van der Waals surface area (Å²) in [5.41, 5.74) is 1.28. The number of rotatable bonds is 4. The normalized spacial score (nSPS) is 21.4. The standard InChI is InChI=1S/C24H22F2N2O6/c1-13-2-4-17-15(8-13)16-9-14(3-5-18(16)24(17,25)26)21(30)27-11-20(29)28-12-23(33-6-7-34-23)10-19(28)22(31)32/h2-5,8-9,19H,6-7,10-12H2,1H3,(H,27,30)(H,31,32)/t19-/m0/s1. The molecule has 0 aromatic heterocycles. The van der Waals surface area contributed by atoms with Crippen LogP contribution < -0.4 is 5.32 Å². The quantitative estimate of drug-likeness (QED) is 0.708. The number of carboxylic acid groups (broad SMARTS) is 1. The van der Waals surface area contributed by atoms with Gasteiger partial charge in [-0.15, -0.1) is 0 Å². The number of amides is 2. The number of hydrogen-bond acceptors (Lipinski definition) is 5. The molecule has 5 rings (SSSR count). The molecule has 2 aromatic rings. The van der Waals surface area contributed by atoms with Crippen LogP contribution in [0.4, 0.5) is 8.78 Å². The molecule has 0 saturated carbocycles. The number of nitrogens with one attached hydrogen (secondary N) is 1. The molecular weight excluding hydrogens is 450 g/mol. The van der Waals surface area contributed by atoms with Crippen LogP contribution in [0.2, 0.25) is 0 Å². The molecule has 2 saturated heterocycles. The molecule has 10 heteroatoms. The van der Waals surface area contributed by atoms with Crippen LogP contribution in [0.5, 0.6) is 0 Å². The average Bonchev–Trinajstić information content (AvgIpc) is 3.48. The Hall–Kier alpha value is -3.37. The SMILES string of the molecule is Cc1ccc2c(c1)-c1cc(C(=O)NCC(=O)N3CC4(C[C@H]3C(=O)O)OCCO4)ccc1C2(F)F. The first kappa shape index (κ1) is 22.4. The number of ether oxygens (including phenoxy) is 2. The summed E-state index contributed by atoms with van der Waals surface area (Å²) in [5, 5.41) is 12.0. The minimum absolute atomic E-state index is 0.000120. The molecule has 3 aliphatic rings. The van der Waals surface area contributed by atoms with E-state index in [0.717, 1.165) is 10.5 Å². The molecule has 0 unspecified atom stereocenters. The van der Waals surface area contributed by atoms with Crippen molar-refractivity contribution in [2.24, 2.45) is 0 Å². The highest BCUT2D eigenvalue weighted by atomic mass is 19.3. The fourth-order valence-corrected chi connectivity index (χ4v) is 4.87. The molecule has 2 aromatic carbocycles. The number of halogens is 2. The molecule has 2 N–H and O–H groups in total. The van der Waals surface area contributed by atoms with Crippen molar-refractivity contribution >= 4 is 17.8 Å². The van der Waals surface area contributed by atoms with Gasteiger partial charge >= 0.3 is 5.97 Å². The van der Waals surface area contributed by atoms with Crippen LogP contribution in [0.1, 0.15) is 33.5 Å². The third-order valence-electron chi connectivity index (χ3n) is 6.53. The Kier molecular flexibility index (Phi) is 5.18. The maximum atomic E-state index is 14.8. The fraction of sp³-hybridized carbons (Fsp3) is 0.375. The molecule has 2 fully saturated rings. The zero-order chi connectivity index (χ0) is 24.3. The summed E-state index contributed by atoms with van der Waals surface area (Å²) in [7, 11) is 0. The summed E-state index contributed by atoms with van der Waals surface area (Å²) in [5.74, 6) is -6.73. The van der Waals surface area contributed by atoms with E-state index in [2.05, 4.69) is 5.32 Å². The summed E-state index contributed by atoms with van der Waals surface area (Å²) in [6.07, 6.45) is -0.000120. The number of aliphatic carboxylic acids is 1. The highest BCUT2D eigenvalue weighted by Crippen LogP contribution is 2.51. The smallest absolute Gasteiger partial charge is 0.326 e. The van der Waals surface area contributed by atoms with E-state index in [1.807, 2.05) is 0 Å². The third kappa shape index (κ3) is 3.54. The minimum atomic E-state index is -3.16. The van der Waals surface area contributed by atoms with Crippen LogP contribution in [0, 0.1) is 6.92 Å². The van der Waals surface area contributed by atoms with Gasteiger partial charge in [-0.25, -0.2) is 4.79 Å². The van der Waals surface area contributed by atoms with E-state index in [0.29, 0.717) is 18.8 Å². The van der Waals surface area contributed by atoms with Gasteiger partial charge in [-0.05, 0) is 30.2 Å². The molecule has 8 nitrogen and oxygen atoms in total. The Labute approximate surface area is 193 Å². The molecule has 2 aliphatic heterocycles. The lowest BCUT2D eigenvalue weighted by molar-refractivity contribution is -0.152. The van der Waals surface area contributed by atoms with Gasteiger partial charge in [0.15, 0.2) is 5.79 Å². The second-order valence-electron chi connectivity index (χ2n) is 8.75. The van der Waals surface area contributed by atoms with Crippen molar-refractivity contribution in [3.8, 4) is 11.1 Å². The first-order valence-corrected chi connectivity index (χ1v) is 10.8. The van der Waals surface area contributed by atoms with Gasteiger partial charge < -0.3 is 24.8 Å². The Morgan fingerprint density at radius 3 is 2.41 bits per heavy atom. The van der Waals surface area contributed by atoms with Crippen molar-refractivity contribution < 1.29 is 37.7 Å². The summed E-state index contributed by atoms with van der Waals surface area (Å²) < 4.78 is 40.7. The number of hydrogen-bond donors (Lipinski definition) is 2. The van der Waals surface area contributed by atoms with E-state index >= 15 is 0 Å². The van der Waals surface area contributed by atoms with Gasteiger partial charge in [-0.3, -0.25) is 9.59 Å². The van der Waals surface area contributed by atoms with E-state index < -0.39 is 42.1 Å². The topological polar surface area (TPSA) is 105 Å². The molecule has 1 spiro atoms. The molecule has 1 atom stereocenters. The van der Waals surface area contributed by atoms with Crippen molar-refractivity contribution in [2.75, 3.05) is 26.3 Å². The van der Waals surface area contributed by atoms with Crippen LogP contribution in [-0.4, -0.2) is 65.9 Å². The molecule has 34 heavy (non-hydrogen) atoms. The number of nitrogens with zero attached hydrogens (tertiary/aromatic N) is 1. The van der Waals surface area contributed by atoms with E-state index in [9.17, 15) is 28.3 Å². The van der Waals surface area contributed by atoms with E-state index in [-0.39, 0.29) is 35.2 Å². The second kappa shape index (κ2) is 7.85. The van der Waals surface area contributed by atoms with Gasteiger partial charge in [0.05, 0.1) is 26.3 Å². The van der Waals surface area contributed by atoms with Crippen LogP contribution in [0.3, 0.4) is 0 Å². The van der Waals surface area contributed by atoms with Crippen molar-refractivity contribution in [3.05, 3.63) is 58.7 Å². The van der Waals surface area contributed by atoms with Gasteiger partial charge in [0.1, 0.15) is 6.04 Å². The van der Waals surface area contributed by atoms with Crippen LogP contribution >= 0.6 is 0 Å². The largest absolute Gasteiger partial charge is 0.480 e. The molecular formula is C24H22F2N2O6. The van der Waals surface area contributed by atoms with Crippen molar-refractivity contribution in [1.29, 1.82) is 0 Å². The number of alkyl halides is 2.